The van der Waals surface area contributed by atoms with Gasteiger partial charge in [0, 0.05) is 6.42 Å². The maximum atomic E-state index is 12.0. The summed E-state index contributed by atoms with van der Waals surface area (Å²) in [5, 5.41) is 14.6. The molecule has 0 atom stereocenters. The first kappa shape index (κ1) is 17.4. The van der Waals surface area contributed by atoms with Crippen LogP contribution in [0.4, 0.5) is 5.13 Å². The van der Waals surface area contributed by atoms with Crippen LogP contribution >= 0.6 is 11.3 Å². The number of ether oxygens (including phenoxy) is 1. The van der Waals surface area contributed by atoms with Crippen molar-refractivity contribution in [1.29, 1.82) is 0 Å². The summed E-state index contributed by atoms with van der Waals surface area (Å²) in [5.41, 5.74) is 0. The molecule has 0 aliphatic carbocycles. The average Bonchev–Trinajstić information content (AvgIpc) is 3.07. The third-order valence-electron chi connectivity index (χ3n) is 3.80. The highest BCUT2D eigenvalue weighted by Gasteiger charge is 2.09. The Balaban J connectivity index is 1.50. The number of nitrogens with zero attached hydrogens (tertiary/aromatic N) is 2. The molecule has 0 bridgehead atoms. The maximum absolute atomic E-state index is 12.0. The number of anilines is 1. The molecule has 3 aromatic rings. The van der Waals surface area contributed by atoms with Crippen LogP contribution in [0.3, 0.4) is 0 Å². The molecule has 1 aromatic heterocycles. The molecule has 0 unspecified atom stereocenters. The van der Waals surface area contributed by atoms with Crippen molar-refractivity contribution in [3.05, 3.63) is 47.5 Å². The summed E-state index contributed by atoms with van der Waals surface area (Å²) in [4.78, 5) is 12.0. The number of carbonyl (C=O) groups is 1. The van der Waals surface area contributed by atoms with E-state index < -0.39 is 0 Å². The van der Waals surface area contributed by atoms with Gasteiger partial charge in [-0.05, 0) is 29.3 Å². The minimum Gasteiger partial charge on any atom is -0.484 e. The van der Waals surface area contributed by atoms with Crippen molar-refractivity contribution >= 4 is 33.1 Å². The first-order chi connectivity index (χ1) is 12.2. The number of fused-ring (bicyclic) bond motifs is 1. The normalized spacial score (nSPS) is 10.8. The molecule has 0 radical (unpaired) electrons. The lowest BCUT2D eigenvalue weighted by Crippen LogP contribution is -2.20. The molecule has 1 amide bonds. The molecule has 6 heteroatoms. The summed E-state index contributed by atoms with van der Waals surface area (Å²) in [6.45, 7) is 2.12. The van der Waals surface area contributed by atoms with Gasteiger partial charge in [0.25, 0.3) is 5.91 Å². The zero-order valence-corrected chi connectivity index (χ0v) is 15.0. The van der Waals surface area contributed by atoms with Crippen molar-refractivity contribution in [3.63, 3.8) is 0 Å². The molecule has 3 rings (SSSR count). The van der Waals surface area contributed by atoms with E-state index in [1.807, 2.05) is 42.5 Å². The van der Waals surface area contributed by atoms with E-state index in [4.69, 9.17) is 4.74 Å². The first-order valence-corrected chi connectivity index (χ1v) is 9.30. The Labute approximate surface area is 151 Å². The van der Waals surface area contributed by atoms with Crippen LogP contribution in [-0.2, 0) is 11.2 Å². The van der Waals surface area contributed by atoms with Crippen molar-refractivity contribution in [1.82, 2.24) is 10.2 Å². The number of nitrogens with one attached hydrogen (secondary N) is 1. The van der Waals surface area contributed by atoms with E-state index in [1.165, 1.54) is 24.2 Å². The van der Waals surface area contributed by atoms with Crippen LogP contribution < -0.4 is 10.1 Å². The van der Waals surface area contributed by atoms with Crippen LogP contribution in [-0.4, -0.2) is 22.7 Å². The summed E-state index contributed by atoms with van der Waals surface area (Å²) in [6, 6.07) is 13.8. The van der Waals surface area contributed by atoms with Crippen molar-refractivity contribution in [2.75, 3.05) is 11.9 Å². The van der Waals surface area contributed by atoms with Crippen molar-refractivity contribution in [2.45, 2.75) is 32.6 Å². The Morgan fingerprint density at radius 2 is 1.96 bits per heavy atom. The molecule has 0 saturated carbocycles. The second-order valence-corrected chi connectivity index (χ2v) is 6.87. The number of carbonyl (C=O) groups excluding carboxylic acids is 1. The van der Waals surface area contributed by atoms with Crippen LogP contribution in [0, 0.1) is 0 Å². The number of benzene rings is 2. The van der Waals surface area contributed by atoms with E-state index in [0.717, 1.165) is 28.6 Å². The van der Waals surface area contributed by atoms with Gasteiger partial charge in [-0.1, -0.05) is 61.4 Å². The van der Waals surface area contributed by atoms with Gasteiger partial charge in [-0.2, -0.15) is 0 Å². The van der Waals surface area contributed by atoms with Crippen LogP contribution in [0.5, 0.6) is 5.75 Å². The maximum Gasteiger partial charge on any atom is 0.264 e. The van der Waals surface area contributed by atoms with E-state index in [-0.39, 0.29) is 12.5 Å². The van der Waals surface area contributed by atoms with Gasteiger partial charge >= 0.3 is 0 Å². The fraction of sp³-hybridized carbons (Fsp3) is 0.316. The number of amides is 1. The van der Waals surface area contributed by atoms with Gasteiger partial charge in [0.2, 0.25) is 5.13 Å². The van der Waals surface area contributed by atoms with Crippen LogP contribution in [0.15, 0.2) is 42.5 Å². The highest BCUT2D eigenvalue weighted by molar-refractivity contribution is 7.15. The molecule has 1 heterocycles. The topological polar surface area (TPSA) is 64.1 Å². The van der Waals surface area contributed by atoms with Gasteiger partial charge in [0.1, 0.15) is 10.8 Å². The number of unbranched alkanes of at least 4 members (excludes halogenated alkanes) is 2. The summed E-state index contributed by atoms with van der Waals surface area (Å²) in [7, 11) is 0. The number of rotatable bonds is 8. The van der Waals surface area contributed by atoms with Gasteiger partial charge in [-0.25, -0.2) is 0 Å². The molecule has 0 aliphatic rings. The standard InChI is InChI=1S/C19H21N3O2S/c1-2-3-4-9-18-21-22-19(25-18)20-17(23)13-24-16-11-10-14-7-5-6-8-15(14)12-16/h5-8,10-12H,2-4,9,13H2,1H3,(H,20,22,23). The minimum atomic E-state index is -0.232. The van der Waals surface area contributed by atoms with Gasteiger partial charge in [-0.3, -0.25) is 10.1 Å². The van der Waals surface area contributed by atoms with Crippen LogP contribution in [0.2, 0.25) is 0 Å². The predicted molar refractivity (Wildman–Crippen MR) is 101 cm³/mol. The molecule has 0 saturated heterocycles. The predicted octanol–water partition coefficient (Wildman–Crippen LogP) is 4.44. The van der Waals surface area contributed by atoms with Crippen molar-refractivity contribution < 1.29 is 9.53 Å². The number of hydrogen-bond acceptors (Lipinski definition) is 5. The van der Waals surface area contributed by atoms with Gasteiger partial charge in [-0.15, -0.1) is 10.2 Å². The lowest BCUT2D eigenvalue weighted by Gasteiger charge is -2.06. The van der Waals surface area contributed by atoms with E-state index in [0.29, 0.717) is 10.9 Å². The molecular weight excluding hydrogens is 334 g/mol. The smallest absolute Gasteiger partial charge is 0.264 e. The summed E-state index contributed by atoms with van der Waals surface area (Å²) in [6.07, 6.45) is 4.37. The van der Waals surface area contributed by atoms with Gasteiger partial charge in [0.15, 0.2) is 6.61 Å². The quantitative estimate of drug-likeness (QED) is 0.607. The highest BCUT2D eigenvalue weighted by Crippen LogP contribution is 2.21. The molecule has 5 nitrogen and oxygen atoms in total. The Hall–Kier alpha value is -2.47. The van der Waals surface area contributed by atoms with E-state index in [9.17, 15) is 4.79 Å². The fourth-order valence-corrected chi connectivity index (χ4v) is 3.29. The van der Waals surface area contributed by atoms with Crippen molar-refractivity contribution in [3.8, 4) is 5.75 Å². The third kappa shape index (κ3) is 5.00. The SMILES string of the molecule is CCCCCc1nnc(NC(=O)COc2ccc3ccccc3c2)s1. The number of aryl methyl sites for hydroxylation is 1. The summed E-state index contributed by atoms with van der Waals surface area (Å²) in [5.74, 6) is 0.441. The minimum absolute atomic E-state index is 0.0525. The van der Waals surface area contributed by atoms with Crippen molar-refractivity contribution in [2.24, 2.45) is 0 Å². The second kappa shape index (κ2) is 8.58. The summed E-state index contributed by atoms with van der Waals surface area (Å²) >= 11 is 1.43. The number of aromatic nitrogens is 2. The summed E-state index contributed by atoms with van der Waals surface area (Å²) < 4.78 is 5.58. The van der Waals surface area contributed by atoms with Gasteiger partial charge in [0.05, 0.1) is 0 Å². The lowest BCUT2D eigenvalue weighted by molar-refractivity contribution is -0.118. The zero-order valence-electron chi connectivity index (χ0n) is 14.2. The zero-order chi connectivity index (χ0) is 17.5. The second-order valence-electron chi connectivity index (χ2n) is 5.80. The Morgan fingerprint density at radius 1 is 1.12 bits per heavy atom. The lowest BCUT2D eigenvalue weighted by atomic mass is 10.1. The molecule has 0 aliphatic heterocycles. The molecule has 25 heavy (non-hydrogen) atoms. The van der Waals surface area contributed by atoms with E-state index >= 15 is 0 Å². The number of hydrogen-bond donors (Lipinski definition) is 1. The molecule has 1 N–H and O–H groups in total. The van der Waals surface area contributed by atoms with E-state index in [2.05, 4.69) is 22.4 Å². The fourth-order valence-electron chi connectivity index (χ4n) is 2.49. The Kier molecular flexibility index (Phi) is 5.95. The van der Waals surface area contributed by atoms with Crippen LogP contribution in [0.1, 0.15) is 31.2 Å². The Bertz CT molecular complexity index is 847. The molecule has 0 spiro atoms. The monoisotopic (exact) mass is 355 g/mol. The molecular formula is C19H21N3O2S. The molecule has 0 fully saturated rings. The molecule has 130 valence electrons. The first-order valence-electron chi connectivity index (χ1n) is 8.48. The average molecular weight is 355 g/mol. The largest absolute Gasteiger partial charge is 0.484 e. The third-order valence-corrected chi connectivity index (χ3v) is 4.70. The van der Waals surface area contributed by atoms with Crippen LogP contribution in [0.25, 0.3) is 10.8 Å². The van der Waals surface area contributed by atoms with E-state index in [1.54, 1.807) is 0 Å². The highest BCUT2D eigenvalue weighted by atomic mass is 32.1. The molecule has 2 aromatic carbocycles. The Morgan fingerprint density at radius 3 is 2.80 bits per heavy atom. The van der Waals surface area contributed by atoms with Gasteiger partial charge < -0.3 is 4.74 Å².